The fraction of sp³-hybridized carbons (Fsp3) is 0.325. The van der Waals surface area contributed by atoms with Gasteiger partial charge in [0.15, 0.2) is 0 Å². The minimum Gasteiger partial charge on any atom is -0.497 e. The van der Waals surface area contributed by atoms with Crippen molar-refractivity contribution in [2.24, 2.45) is 0 Å². The number of esters is 4. The highest BCUT2D eigenvalue weighted by molar-refractivity contribution is 5.92. The highest BCUT2D eigenvalue weighted by Crippen LogP contribution is 2.41. The number of carbonyl (C=O) groups is 6. The second-order valence-electron chi connectivity index (χ2n) is 25.3. The molecule has 16 nitrogen and oxygen atoms in total. The summed E-state index contributed by atoms with van der Waals surface area (Å²) < 4.78 is 44.2. The van der Waals surface area contributed by atoms with E-state index in [9.17, 15) is 28.8 Å². The van der Waals surface area contributed by atoms with E-state index in [1.54, 1.807) is 87.0 Å². The molecule has 8 rings (SSSR count). The third-order valence-electron chi connectivity index (χ3n) is 18.0. The molecule has 2 amide bonds. The first-order valence-electron chi connectivity index (χ1n) is 32.6. The molecule has 0 heterocycles. The van der Waals surface area contributed by atoms with E-state index >= 15 is 0 Å². The van der Waals surface area contributed by atoms with E-state index in [4.69, 9.17) is 37.9 Å². The van der Waals surface area contributed by atoms with Gasteiger partial charge < -0.3 is 48.5 Å². The molecule has 2 atom stereocenters. The van der Waals surface area contributed by atoms with E-state index < -0.39 is 46.9 Å². The summed E-state index contributed by atoms with van der Waals surface area (Å²) in [6.45, 7) is 16.6. The van der Waals surface area contributed by atoms with E-state index in [1.165, 1.54) is 13.8 Å². The Labute approximate surface area is 563 Å². The van der Waals surface area contributed by atoms with Crippen molar-refractivity contribution in [3.8, 4) is 34.5 Å². The van der Waals surface area contributed by atoms with Gasteiger partial charge in [0.1, 0.15) is 34.5 Å². The van der Waals surface area contributed by atoms with Crippen LogP contribution >= 0.6 is 0 Å². The van der Waals surface area contributed by atoms with Crippen LogP contribution in [0.5, 0.6) is 34.5 Å². The van der Waals surface area contributed by atoms with Crippen molar-refractivity contribution in [1.82, 2.24) is 10.6 Å². The van der Waals surface area contributed by atoms with Gasteiger partial charge in [-0.15, -0.1) is 0 Å². The molecule has 0 spiro atoms. The fourth-order valence-electron chi connectivity index (χ4n) is 11.8. The van der Waals surface area contributed by atoms with Crippen LogP contribution in [0, 0.1) is 0 Å². The maximum Gasteiger partial charge on any atom is 0.407 e. The van der Waals surface area contributed by atoms with Crippen molar-refractivity contribution in [3.05, 3.63) is 250 Å². The van der Waals surface area contributed by atoms with Crippen molar-refractivity contribution in [2.75, 3.05) is 40.5 Å². The van der Waals surface area contributed by atoms with Crippen molar-refractivity contribution in [1.29, 1.82) is 0 Å². The lowest BCUT2D eigenvalue weighted by Crippen LogP contribution is -2.28. The van der Waals surface area contributed by atoms with Gasteiger partial charge in [-0.1, -0.05) is 151 Å². The van der Waals surface area contributed by atoms with Gasteiger partial charge in [0.25, 0.3) is 0 Å². The molecule has 96 heavy (non-hydrogen) atoms. The molecule has 2 unspecified atom stereocenters. The Kier molecular flexibility index (Phi) is 24.8. The summed E-state index contributed by atoms with van der Waals surface area (Å²) in [5.41, 5.74) is 7.16. The third-order valence-corrected chi connectivity index (χ3v) is 18.0. The zero-order chi connectivity index (χ0) is 68.9. The van der Waals surface area contributed by atoms with Crippen molar-refractivity contribution < 1.29 is 66.7 Å². The van der Waals surface area contributed by atoms with Crippen LogP contribution in [0.4, 0.5) is 9.59 Å². The van der Waals surface area contributed by atoms with Gasteiger partial charge >= 0.3 is 36.1 Å². The topological polar surface area (TPSA) is 200 Å². The van der Waals surface area contributed by atoms with Crippen LogP contribution in [-0.2, 0) is 40.7 Å². The SMILES string of the molecule is COc1ccc(C(C)(C)c2ccc(C(=O)Oc3ccc(C(C)(CCCOC(=O)NCCCCCCNC(=O)OCCCC(C)(c4ccc(OC(C)=O)cc4)c4ccc(OC(=O)c5ccc(C(C)(C)c6ccc(OC)cc6)cc5)cc4)c4ccc(OC(C)=O)cc4)cc3)cc2)cc1. The van der Waals surface area contributed by atoms with Gasteiger partial charge in [-0.25, -0.2) is 19.2 Å². The summed E-state index contributed by atoms with van der Waals surface area (Å²) in [6, 6.07) is 60.3. The normalized spacial score (nSPS) is 12.6. The maximum atomic E-state index is 13.4. The first kappa shape index (κ1) is 71.6. The van der Waals surface area contributed by atoms with Crippen LogP contribution in [0.2, 0.25) is 0 Å². The first-order valence-corrected chi connectivity index (χ1v) is 32.6. The molecule has 0 aliphatic carbocycles. The van der Waals surface area contributed by atoms with E-state index in [2.05, 4.69) is 52.2 Å². The van der Waals surface area contributed by atoms with Gasteiger partial charge in [-0.3, -0.25) is 9.59 Å². The molecular formula is C80H88N2O14. The molecule has 0 saturated heterocycles. The quantitative estimate of drug-likeness (QED) is 0.0236. The number of ether oxygens (including phenoxy) is 8. The molecule has 0 fully saturated rings. The van der Waals surface area contributed by atoms with Crippen LogP contribution in [0.25, 0.3) is 0 Å². The van der Waals surface area contributed by atoms with E-state index in [0.717, 1.165) is 81.7 Å². The van der Waals surface area contributed by atoms with Crippen LogP contribution in [-0.4, -0.2) is 76.6 Å². The van der Waals surface area contributed by atoms with Gasteiger partial charge in [-0.2, -0.15) is 0 Å². The van der Waals surface area contributed by atoms with E-state index in [1.807, 2.05) is 121 Å². The number of hydrogen-bond acceptors (Lipinski definition) is 14. The van der Waals surface area contributed by atoms with Crippen LogP contribution in [0.3, 0.4) is 0 Å². The summed E-state index contributed by atoms with van der Waals surface area (Å²) in [5, 5.41) is 5.69. The predicted octanol–water partition coefficient (Wildman–Crippen LogP) is 16.5. The Balaban J connectivity index is 0.743. The molecule has 0 aliphatic heterocycles. The monoisotopic (exact) mass is 1300 g/mol. The molecule has 0 bridgehead atoms. The molecule has 8 aromatic rings. The average molecular weight is 1300 g/mol. The second kappa shape index (κ2) is 33.3. The van der Waals surface area contributed by atoms with Crippen LogP contribution in [0.15, 0.2) is 194 Å². The van der Waals surface area contributed by atoms with E-state index in [-0.39, 0.29) is 24.0 Å². The molecule has 502 valence electrons. The standard InChI is InChI=1S/C80H88N2O14/c1-55(83)93-69-41-29-63(30-42-69)79(7,65-33-45-71(46-34-65)95-73(85)57-17-21-59(22-18-57)77(3,4)61-25-37-67(89-9)38-26-61)49-15-53-91-75(87)81-51-13-11-12-14-52-82-76(88)92-54-16-50-80(8,64-31-43-70(44-32-64)94-56(2)84)66-35-47-72(48-36-66)96-74(86)58-19-23-60(24-20-58)78(5,6)62-27-39-68(90-10)40-28-62/h17-48H,11-16,49-54H2,1-10H3,(H,81,87)(H,82,88). The Hall–Kier alpha value is -10.2. The lowest BCUT2D eigenvalue weighted by atomic mass is 9.73. The Morgan fingerprint density at radius 3 is 0.833 bits per heavy atom. The third kappa shape index (κ3) is 19.2. The lowest BCUT2D eigenvalue weighted by molar-refractivity contribution is -0.132. The zero-order valence-electron chi connectivity index (χ0n) is 56.7. The number of benzene rings is 8. The second-order valence-corrected chi connectivity index (χ2v) is 25.3. The Morgan fingerprint density at radius 2 is 0.562 bits per heavy atom. The van der Waals surface area contributed by atoms with Gasteiger partial charge in [0.2, 0.25) is 0 Å². The van der Waals surface area contributed by atoms with Gasteiger partial charge in [0, 0.05) is 48.6 Å². The first-order chi connectivity index (χ1) is 46.0. The molecule has 0 saturated carbocycles. The predicted molar refractivity (Wildman–Crippen MR) is 370 cm³/mol. The number of hydrogen-bond donors (Lipinski definition) is 2. The molecule has 2 N–H and O–H groups in total. The van der Waals surface area contributed by atoms with Crippen LogP contribution < -0.4 is 39.1 Å². The number of alkyl carbamates (subject to hydrolysis) is 2. The minimum atomic E-state index is -0.575. The lowest BCUT2D eigenvalue weighted by Gasteiger charge is -2.31. The minimum absolute atomic E-state index is 0.172. The zero-order valence-corrected chi connectivity index (χ0v) is 56.7. The maximum absolute atomic E-state index is 13.4. The molecule has 0 aromatic heterocycles. The number of unbranched alkanes of at least 4 members (excludes halogenated alkanes) is 3. The van der Waals surface area contributed by atoms with Gasteiger partial charge in [0.05, 0.1) is 38.6 Å². The number of methoxy groups -OCH3 is 2. The molecule has 0 radical (unpaired) electrons. The summed E-state index contributed by atoms with van der Waals surface area (Å²) >= 11 is 0. The number of carbonyl (C=O) groups excluding carboxylic acids is 6. The fourth-order valence-corrected chi connectivity index (χ4v) is 11.8. The summed E-state index contributed by atoms with van der Waals surface area (Å²) in [5.74, 6) is 1.40. The summed E-state index contributed by atoms with van der Waals surface area (Å²) in [4.78, 5) is 75.7. The average Bonchev–Trinajstić information content (AvgIpc) is 0.816. The molecule has 8 aromatic carbocycles. The largest absolute Gasteiger partial charge is 0.497 e. The smallest absolute Gasteiger partial charge is 0.407 e. The molecule has 16 heteroatoms. The molecule has 0 aliphatic rings. The number of nitrogens with one attached hydrogen (secondary N) is 2. The summed E-state index contributed by atoms with van der Waals surface area (Å²) in [6.07, 6.45) is 4.32. The van der Waals surface area contributed by atoms with Crippen molar-refractivity contribution in [2.45, 2.75) is 128 Å². The Morgan fingerprint density at radius 1 is 0.312 bits per heavy atom. The number of rotatable bonds is 31. The van der Waals surface area contributed by atoms with E-state index in [0.29, 0.717) is 72.9 Å². The highest BCUT2D eigenvalue weighted by Gasteiger charge is 2.32. The Bertz CT molecular complexity index is 3610. The van der Waals surface area contributed by atoms with Crippen molar-refractivity contribution >= 4 is 36.1 Å². The van der Waals surface area contributed by atoms with Gasteiger partial charge in [-0.05, 0) is 180 Å². The van der Waals surface area contributed by atoms with Crippen LogP contribution in [0.1, 0.15) is 172 Å². The molecular weight excluding hydrogens is 1210 g/mol. The highest BCUT2D eigenvalue weighted by atomic mass is 16.6. The van der Waals surface area contributed by atoms with Crippen molar-refractivity contribution in [3.63, 3.8) is 0 Å². The number of amides is 2. The summed E-state index contributed by atoms with van der Waals surface area (Å²) in [7, 11) is 3.28.